The number of hydrogen-bond donors (Lipinski definition) is 0. The maximum absolute atomic E-state index is 5.79. The maximum atomic E-state index is 5.79. The summed E-state index contributed by atoms with van der Waals surface area (Å²) in [6.45, 7) is 5.06. The van der Waals surface area contributed by atoms with Crippen molar-refractivity contribution in [2.75, 3.05) is 6.61 Å². The van der Waals surface area contributed by atoms with E-state index in [9.17, 15) is 0 Å². The van der Waals surface area contributed by atoms with Crippen LogP contribution in [0, 0.1) is 13.8 Å². The first kappa shape index (κ1) is 12.7. The monoisotopic (exact) mass is 316 g/mol. The van der Waals surface area contributed by atoms with E-state index in [1.807, 2.05) is 6.07 Å². The molecule has 0 bridgehead atoms. The van der Waals surface area contributed by atoms with Crippen molar-refractivity contribution in [2.45, 2.75) is 24.6 Å². The molecule has 0 radical (unpaired) electrons. The fraction of sp³-hybridized carbons (Fsp3) is 0.294. The van der Waals surface area contributed by atoms with Crippen molar-refractivity contribution >= 4 is 15.9 Å². The Balaban J connectivity index is 1.95. The first-order valence-corrected chi connectivity index (χ1v) is 7.51. The summed E-state index contributed by atoms with van der Waals surface area (Å²) in [7, 11) is 0. The van der Waals surface area contributed by atoms with Gasteiger partial charge >= 0.3 is 0 Å². The van der Waals surface area contributed by atoms with E-state index in [0.29, 0.717) is 10.7 Å². The van der Waals surface area contributed by atoms with Crippen LogP contribution in [0.25, 0.3) is 0 Å². The smallest absolute Gasteiger partial charge is 0.122 e. The summed E-state index contributed by atoms with van der Waals surface area (Å²) in [6.07, 6.45) is 0. The molecule has 0 N–H and O–H groups in total. The van der Waals surface area contributed by atoms with Crippen LogP contribution in [0.15, 0.2) is 42.5 Å². The number of hydrogen-bond acceptors (Lipinski definition) is 1. The van der Waals surface area contributed by atoms with Crippen LogP contribution in [-0.2, 0) is 0 Å². The highest BCUT2D eigenvalue weighted by Crippen LogP contribution is 2.46. The van der Waals surface area contributed by atoms with E-state index in [4.69, 9.17) is 4.74 Å². The minimum atomic E-state index is 0.303. The molecule has 1 aliphatic heterocycles. The number of ether oxygens (including phenoxy) is 1. The maximum Gasteiger partial charge on any atom is 0.122 e. The molecular weight excluding hydrogens is 300 g/mol. The van der Waals surface area contributed by atoms with Crippen LogP contribution in [0.4, 0.5) is 0 Å². The van der Waals surface area contributed by atoms with E-state index >= 15 is 0 Å². The Kier molecular flexibility index (Phi) is 3.36. The largest absolute Gasteiger partial charge is 0.493 e. The summed E-state index contributed by atoms with van der Waals surface area (Å²) in [5.74, 6) is 1.42. The quantitative estimate of drug-likeness (QED) is 0.715. The van der Waals surface area contributed by atoms with Gasteiger partial charge in [-0.25, -0.2) is 0 Å². The minimum Gasteiger partial charge on any atom is -0.493 e. The van der Waals surface area contributed by atoms with Crippen molar-refractivity contribution in [3.8, 4) is 5.75 Å². The summed E-state index contributed by atoms with van der Waals surface area (Å²) < 4.78 is 5.79. The predicted molar refractivity (Wildman–Crippen MR) is 82.3 cm³/mol. The summed E-state index contributed by atoms with van der Waals surface area (Å²) in [6, 6.07) is 15.0. The molecule has 2 aromatic carbocycles. The van der Waals surface area contributed by atoms with Gasteiger partial charge in [-0.1, -0.05) is 57.9 Å². The fourth-order valence-corrected chi connectivity index (χ4v) is 3.73. The third kappa shape index (κ3) is 2.30. The number of fused-ring (bicyclic) bond motifs is 1. The van der Waals surface area contributed by atoms with Gasteiger partial charge < -0.3 is 4.74 Å². The molecule has 98 valence electrons. The van der Waals surface area contributed by atoms with Crippen LogP contribution < -0.4 is 4.74 Å². The van der Waals surface area contributed by atoms with Crippen LogP contribution in [-0.4, -0.2) is 6.61 Å². The van der Waals surface area contributed by atoms with Gasteiger partial charge in [-0.15, -0.1) is 0 Å². The van der Waals surface area contributed by atoms with Crippen LogP contribution in [0.5, 0.6) is 5.75 Å². The fourth-order valence-electron chi connectivity index (χ4n) is 2.78. The summed E-state index contributed by atoms with van der Waals surface area (Å²) in [5, 5.41) is 0. The van der Waals surface area contributed by atoms with Crippen LogP contribution >= 0.6 is 15.9 Å². The zero-order chi connectivity index (χ0) is 13.4. The van der Waals surface area contributed by atoms with Crippen LogP contribution in [0.1, 0.15) is 33.0 Å². The second-order valence-corrected chi connectivity index (χ2v) is 6.20. The molecule has 0 aliphatic carbocycles. The molecule has 0 amide bonds. The number of benzene rings is 2. The van der Waals surface area contributed by atoms with Gasteiger partial charge in [0.15, 0.2) is 0 Å². The van der Waals surface area contributed by atoms with Crippen molar-refractivity contribution < 1.29 is 4.74 Å². The van der Waals surface area contributed by atoms with Gasteiger partial charge in [0.05, 0.1) is 11.4 Å². The molecule has 2 atom stereocenters. The Hall–Kier alpha value is -1.28. The molecule has 3 rings (SSSR count). The number of rotatable bonds is 2. The zero-order valence-electron chi connectivity index (χ0n) is 11.2. The Labute approximate surface area is 122 Å². The number of aryl methyl sites for hydroxylation is 2. The second kappa shape index (κ2) is 5.01. The lowest BCUT2D eigenvalue weighted by Crippen LogP contribution is -2.09. The Morgan fingerprint density at radius 3 is 2.74 bits per heavy atom. The molecule has 0 aromatic heterocycles. The van der Waals surface area contributed by atoms with Crippen molar-refractivity contribution in [3.63, 3.8) is 0 Å². The third-order valence-corrected chi connectivity index (χ3v) is 4.94. The number of alkyl halides is 1. The molecule has 19 heavy (non-hydrogen) atoms. The van der Waals surface area contributed by atoms with E-state index in [1.54, 1.807) is 0 Å². The topological polar surface area (TPSA) is 9.23 Å². The average molecular weight is 317 g/mol. The minimum absolute atomic E-state index is 0.303. The van der Waals surface area contributed by atoms with Gasteiger partial charge in [0.2, 0.25) is 0 Å². The van der Waals surface area contributed by atoms with Crippen LogP contribution in [0.3, 0.4) is 0 Å². The van der Waals surface area contributed by atoms with Gasteiger partial charge in [-0.2, -0.15) is 0 Å². The lowest BCUT2D eigenvalue weighted by Gasteiger charge is -2.19. The van der Waals surface area contributed by atoms with Crippen molar-refractivity contribution in [2.24, 2.45) is 0 Å². The van der Waals surface area contributed by atoms with E-state index in [1.165, 1.54) is 22.3 Å². The third-order valence-electron chi connectivity index (χ3n) is 3.81. The standard InChI is InChI=1S/C17H17BrO/c1-11-7-8-13(12(2)9-11)17(18)15-10-19-16-6-4-3-5-14(15)16/h3-9,15,17H,10H2,1-2H3. The summed E-state index contributed by atoms with van der Waals surface area (Å²) >= 11 is 3.88. The molecule has 0 saturated heterocycles. The van der Waals surface area contributed by atoms with Gasteiger partial charge in [-0.05, 0) is 31.0 Å². The SMILES string of the molecule is Cc1ccc(C(Br)C2COc3ccccc32)c(C)c1. The second-order valence-electron chi connectivity index (χ2n) is 5.22. The highest BCUT2D eigenvalue weighted by molar-refractivity contribution is 9.09. The van der Waals surface area contributed by atoms with E-state index in [2.05, 4.69) is 66.2 Å². The van der Waals surface area contributed by atoms with Crippen molar-refractivity contribution in [1.82, 2.24) is 0 Å². The van der Waals surface area contributed by atoms with Crippen LogP contribution in [0.2, 0.25) is 0 Å². The molecule has 1 heterocycles. The first-order chi connectivity index (χ1) is 9.16. The molecule has 2 heteroatoms. The number of para-hydroxylation sites is 1. The molecular formula is C17H17BrO. The average Bonchev–Trinajstić information content (AvgIpc) is 2.82. The van der Waals surface area contributed by atoms with E-state index in [0.717, 1.165) is 12.4 Å². The molecule has 0 fully saturated rings. The summed E-state index contributed by atoms with van der Waals surface area (Å²) in [4.78, 5) is 0.303. The molecule has 0 saturated carbocycles. The number of halogens is 1. The zero-order valence-corrected chi connectivity index (χ0v) is 12.8. The molecule has 0 spiro atoms. The normalized spacial score (nSPS) is 18.8. The van der Waals surface area contributed by atoms with Gasteiger partial charge in [0.1, 0.15) is 5.75 Å². The molecule has 2 unspecified atom stereocenters. The first-order valence-electron chi connectivity index (χ1n) is 6.60. The van der Waals surface area contributed by atoms with E-state index in [-0.39, 0.29) is 0 Å². The lowest BCUT2D eigenvalue weighted by molar-refractivity contribution is 0.329. The van der Waals surface area contributed by atoms with E-state index < -0.39 is 0 Å². The van der Waals surface area contributed by atoms with Crippen molar-refractivity contribution in [1.29, 1.82) is 0 Å². The van der Waals surface area contributed by atoms with Gasteiger partial charge in [-0.3, -0.25) is 0 Å². The Bertz CT molecular complexity index is 606. The molecule has 2 aromatic rings. The lowest BCUT2D eigenvalue weighted by atomic mass is 9.91. The predicted octanol–water partition coefficient (Wildman–Crippen LogP) is 4.92. The Morgan fingerprint density at radius 2 is 1.95 bits per heavy atom. The van der Waals surface area contributed by atoms with Crippen molar-refractivity contribution in [3.05, 3.63) is 64.7 Å². The highest BCUT2D eigenvalue weighted by atomic mass is 79.9. The summed E-state index contributed by atoms with van der Waals surface area (Å²) in [5.41, 5.74) is 5.32. The van der Waals surface area contributed by atoms with Gasteiger partial charge in [0.25, 0.3) is 0 Å². The molecule has 1 aliphatic rings. The highest BCUT2D eigenvalue weighted by Gasteiger charge is 2.31. The Morgan fingerprint density at radius 1 is 1.16 bits per heavy atom. The van der Waals surface area contributed by atoms with Gasteiger partial charge in [0, 0.05) is 11.5 Å². The molecule has 1 nitrogen and oxygen atoms in total.